The second-order valence-corrected chi connectivity index (χ2v) is 2.81. The van der Waals surface area contributed by atoms with Crippen LogP contribution in [0.25, 0.3) is 16.7 Å². The molecule has 0 saturated carbocycles. The topological polar surface area (TPSA) is 71.8 Å². The highest BCUT2D eigenvalue weighted by molar-refractivity contribution is 5.88. The van der Waals surface area contributed by atoms with Crippen molar-refractivity contribution in [2.24, 2.45) is 0 Å². The molecule has 6 heteroatoms. The van der Waals surface area contributed by atoms with Crippen LogP contribution in [0.2, 0.25) is 0 Å². The van der Waals surface area contributed by atoms with Crippen molar-refractivity contribution in [2.75, 3.05) is 0 Å². The molecule has 0 fully saturated rings. The molecule has 0 aromatic carbocycles. The number of aryl methyl sites for hydroxylation is 1. The van der Waals surface area contributed by atoms with Gasteiger partial charge in [-0.15, -0.1) is 5.10 Å². The zero-order valence-electron chi connectivity index (χ0n) is 6.89. The monoisotopic (exact) mass is 174 g/mol. The lowest BCUT2D eigenvalue weighted by Crippen LogP contribution is -1.97. The summed E-state index contributed by atoms with van der Waals surface area (Å²) in [5.74, 6) is 0.773. The van der Waals surface area contributed by atoms with Crippen molar-refractivity contribution in [3.8, 4) is 0 Å². The van der Waals surface area contributed by atoms with Crippen LogP contribution >= 0.6 is 0 Å². The smallest absolute Gasteiger partial charge is 0.192 e. The summed E-state index contributed by atoms with van der Waals surface area (Å²) in [6.07, 6.45) is 1.83. The average Bonchev–Trinajstić information content (AvgIpc) is 2.66. The van der Waals surface area contributed by atoms with Gasteiger partial charge in [0.05, 0.1) is 5.39 Å². The molecule has 0 saturated heterocycles. The molecule has 3 rings (SSSR count). The zero-order chi connectivity index (χ0) is 8.84. The van der Waals surface area contributed by atoms with E-state index in [4.69, 9.17) is 0 Å². The Hall–Kier alpha value is -1.98. The Morgan fingerprint density at radius 3 is 3.31 bits per heavy atom. The minimum absolute atomic E-state index is 0.740. The SMILES string of the molecule is Cc1nc2[nH]ccc2c2nnnn12. The molecule has 13 heavy (non-hydrogen) atoms. The molecule has 0 bridgehead atoms. The number of hydrogen-bond acceptors (Lipinski definition) is 4. The minimum atomic E-state index is 0.740. The number of tetrazole rings is 1. The normalized spacial score (nSPS) is 11.5. The molecule has 3 aromatic heterocycles. The van der Waals surface area contributed by atoms with E-state index in [1.165, 1.54) is 0 Å². The van der Waals surface area contributed by atoms with Crippen LogP contribution in [0, 0.1) is 6.92 Å². The van der Waals surface area contributed by atoms with E-state index >= 15 is 0 Å². The maximum Gasteiger partial charge on any atom is 0.192 e. The van der Waals surface area contributed by atoms with Crippen LogP contribution in [-0.4, -0.2) is 30.0 Å². The third-order valence-corrected chi connectivity index (χ3v) is 2.02. The van der Waals surface area contributed by atoms with E-state index in [9.17, 15) is 0 Å². The van der Waals surface area contributed by atoms with Crippen LogP contribution in [0.5, 0.6) is 0 Å². The van der Waals surface area contributed by atoms with Gasteiger partial charge >= 0.3 is 0 Å². The number of H-pyrrole nitrogens is 1. The summed E-state index contributed by atoms with van der Waals surface area (Å²) in [5.41, 5.74) is 1.56. The van der Waals surface area contributed by atoms with Crippen LogP contribution in [0.4, 0.5) is 0 Å². The Balaban J connectivity index is 2.70. The summed E-state index contributed by atoms with van der Waals surface area (Å²) in [6.45, 7) is 1.86. The molecule has 0 aliphatic carbocycles. The number of aromatic amines is 1. The second-order valence-electron chi connectivity index (χ2n) is 2.81. The lowest BCUT2D eigenvalue weighted by atomic mass is 10.4. The lowest BCUT2D eigenvalue weighted by molar-refractivity contribution is 0.785. The van der Waals surface area contributed by atoms with E-state index < -0.39 is 0 Å². The molecule has 3 aromatic rings. The van der Waals surface area contributed by atoms with Crippen LogP contribution < -0.4 is 0 Å². The molecular weight excluding hydrogens is 168 g/mol. The van der Waals surface area contributed by atoms with Crippen molar-refractivity contribution in [3.05, 3.63) is 18.1 Å². The maximum atomic E-state index is 4.30. The van der Waals surface area contributed by atoms with Gasteiger partial charge in [-0.2, -0.15) is 4.52 Å². The molecule has 0 unspecified atom stereocenters. The maximum absolute atomic E-state index is 4.30. The van der Waals surface area contributed by atoms with E-state index in [1.807, 2.05) is 19.2 Å². The molecule has 3 heterocycles. The third-order valence-electron chi connectivity index (χ3n) is 2.02. The van der Waals surface area contributed by atoms with Crippen molar-refractivity contribution in [2.45, 2.75) is 6.92 Å². The predicted molar refractivity (Wildman–Crippen MR) is 45.2 cm³/mol. The Kier molecular flexibility index (Phi) is 1.02. The highest BCUT2D eigenvalue weighted by Crippen LogP contribution is 2.14. The molecule has 0 spiro atoms. The molecule has 1 N–H and O–H groups in total. The Morgan fingerprint density at radius 1 is 1.46 bits per heavy atom. The van der Waals surface area contributed by atoms with Crippen LogP contribution in [-0.2, 0) is 0 Å². The first kappa shape index (κ1) is 6.53. The molecule has 64 valence electrons. The zero-order valence-corrected chi connectivity index (χ0v) is 6.89. The molecule has 0 amide bonds. The first-order chi connectivity index (χ1) is 6.36. The first-order valence-corrected chi connectivity index (χ1v) is 3.88. The number of hydrogen-bond donors (Lipinski definition) is 1. The van der Waals surface area contributed by atoms with Crippen molar-refractivity contribution in [1.82, 2.24) is 30.0 Å². The lowest BCUT2D eigenvalue weighted by Gasteiger charge is -1.95. The van der Waals surface area contributed by atoms with Gasteiger partial charge < -0.3 is 4.98 Å². The predicted octanol–water partition coefficient (Wildman–Crippen LogP) is 0.309. The average molecular weight is 174 g/mol. The van der Waals surface area contributed by atoms with Crippen molar-refractivity contribution in [3.63, 3.8) is 0 Å². The van der Waals surface area contributed by atoms with E-state index in [0.29, 0.717) is 0 Å². The highest BCUT2D eigenvalue weighted by atomic mass is 15.5. The number of nitrogens with one attached hydrogen (secondary N) is 1. The van der Waals surface area contributed by atoms with Crippen LogP contribution in [0.15, 0.2) is 12.3 Å². The van der Waals surface area contributed by atoms with Gasteiger partial charge in [0.15, 0.2) is 5.65 Å². The van der Waals surface area contributed by atoms with E-state index in [1.54, 1.807) is 4.52 Å². The first-order valence-electron chi connectivity index (χ1n) is 3.88. The van der Waals surface area contributed by atoms with Crippen molar-refractivity contribution < 1.29 is 0 Å². The fraction of sp³-hybridized carbons (Fsp3) is 0.143. The summed E-state index contributed by atoms with van der Waals surface area (Å²) in [6, 6.07) is 1.91. The molecule has 0 aliphatic rings. The van der Waals surface area contributed by atoms with Gasteiger partial charge in [-0.05, 0) is 23.4 Å². The van der Waals surface area contributed by atoms with Crippen LogP contribution in [0.3, 0.4) is 0 Å². The number of rotatable bonds is 0. The summed E-state index contributed by atoms with van der Waals surface area (Å²) < 4.78 is 1.62. The molecule has 6 nitrogen and oxygen atoms in total. The van der Waals surface area contributed by atoms with Gasteiger partial charge in [0.25, 0.3) is 0 Å². The summed E-state index contributed by atoms with van der Waals surface area (Å²) in [7, 11) is 0. The fourth-order valence-corrected chi connectivity index (χ4v) is 1.42. The Bertz CT molecular complexity index is 577. The largest absolute Gasteiger partial charge is 0.346 e. The number of aromatic nitrogens is 6. The third kappa shape index (κ3) is 0.715. The van der Waals surface area contributed by atoms with Crippen LogP contribution in [0.1, 0.15) is 5.82 Å². The molecule has 0 radical (unpaired) electrons. The highest BCUT2D eigenvalue weighted by Gasteiger charge is 2.07. The standard InChI is InChI=1S/C7H6N6/c1-4-9-6-5(2-3-8-6)7-10-11-12-13(4)7/h2-3,8H,1H3. The van der Waals surface area contributed by atoms with Crippen molar-refractivity contribution >= 4 is 16.7 Å². The van der Waals surface area contributed by atoms with Crippen molar-refractivity contribution in [1.29, 1.82) is 0 Å². The van der Waals surface area contributed by atoms with E-state index in [-0.39, 0.29) is 0 Å². The molecule has 0 atom stereocenters. The molecular formula is C7H6N6. The summed E-state index contributed by atoms with van der Waals surface area (Å²) >= 11 is 0. The van der Waals surface area contributed by atoms with E-state index in [0.717, 1.165) is 22.5 Å². The van der Waals surface area contributed by atoms with E-state index in [2.05, 4.69) is 25.5 Å². The number of nitrogens with zero attached hydrogens (tertiary/aromatic N) is 5. The Labute approximate surface area is 72.6 Å². The van der Waals surface area contributed by atoms with Gasteiger partial charge in [-0.25, -0.2) is 4.98 Å². The van der Waals surface area contributed by atoms with Gasteiger partial charge in [0.2, 0.25) is 0 Å². The van der Waals surface area contributed by atoms with Gasteiger partial charge in [-0.3, -0.25) is 0 Å². The minimum Gasteiger partial charge on any atom is -0.346 e. The molecule has 0 aliphatic heterocycles. The van der Waals surface area contributed by atoms with Gasteiger partial charge in [-0.1, -0.05) is 0 Å². The quantitative estimate of drug-likeness (QED) is 0.532. The fourth-order valence-electron chi connectivity index (χ4n) is 1.42. The number of fused-ring (bicyclic) bond motifs is 3. The Morgan fingerprint density at radius 2 is 2.38 bits per heavy atom. The second kappa shape index (κ2) is 2.03. The summed E-state index contributed by atoms with van der Waals surface area (Å²) in [5, 5.41) is 12.3. The summed E-state index contributed by atoms with van der Waals surface area (Å²) in [4.78, 5) is 7.32. The van der Waals surface area contributed by atoms with Gasteiger partial charge in [0.1, 0.15) is 11.5 Å². The van der Waals surface area contributed by atoms with Gasteiger partial charge in [0, 0.05) is 6.20 Å².